The third-order valence-corrected chi connectivity index (χ3v) is 4.50. The first kappa shape index (κ1) is 15.8. The number of oxime groups is 1. The largest absolute Gasteiger partial charge is 0.508 e. The Bertz CT molecular complexity index is 1120. The van der Waals surface area contributed by atoms with Crippen molar-refractivity contribution in [1.29, 1.82) is 0 Å². The van der Waals surface area contributed by atoms with E-state index in [1.807, 2.05) is 70.8 Å². The van der Waals surface area contributed by atoms with Crippen molar-refractivity contribution >= 4 is 16.7 Å². The van der Waals surface area contributed by atoms with Gasteiger partial charge in [-0.3, -0.25) is 4.57 Å². The first-order valence-electron chi connectivity index (χ1n) is 8.17. The maximum absolute atomic E-state index is 9.66. The fourth-order valence-corrected chi connectivity index (χ4v) is 3.32. The maximum atomic E-state index is 9.66. The summed E-state index contributed by atoms with van der Waals surface area (Å²) >= 11 is 0. The van der Waals surface area contributed by atoms with E-state index in [0.29, 0.717) is 5.56 Å². The molecule has 0 aliphatic heterocycles. The van der Waals surface area contributed by atoms with Gasteiger partial charge in [-0.05, 0) is 49.4 Å². The highest BCUT2D eigenvalue weighted by atomic mass is 16.4. The minimum Gasteiger partial charge on any atom is -0.508 e. The van der Waals surface area contributed by atoms with E-state index in [2.05, 4.69) is 5.16 Å². The van der Waals surface area contributed by atoms with E-state index in [9.17, 15) is 10.3 Å². The van der Waals surface area contributed by atoms with Crippen LogP contribution in [0, 0.1) is 6.92 Å². The van der Waals surface area contributed by atoms with Gasteiger partial charge in [-0.1, -0.05) is 23.4 Å². The molecule has 0 atom stereocenters. The van der Waals surface area contributed by atoms with Gasteiger partial charge < -0.3 is 20.6 Å². The van der Waals surface area contributed by atoms with Gasteiger partial charge in [0, 0.05) is 23.0 Å². The summed E-state index contributed by atoms with van der Waals surface area (Å²) in [7, 11) is 0. The topological polar surface area (TPSA) is 88.7 Å². The Morgan fingerprint density at radius 2 is 1.73 bits per heavy atom. The zero-order valence-corrected chi connectivity index (χ0v) is 14.2. The molecule has 0 radical (unpaired) electrons. The number of para-hydroxylation sites is 1. The number of hydrogen-bond donors (Lipinski definition) is 3. The molecule has 2 heterocycles. The van der Waals surface area contributed by atoms with Crippen molar-refractivity contribution in [3.63, 3.8) is 0 Å². The van der Waals surface area contributed by atoms with Gasteiger partial charge >= 0.3 is 0 Å². The predicted molar refractivity (Wildman–Crippen MR) is 102 cm³/mol. The van der Waals surface area contributed by atoms with E-state index in [1.165, 1.54) is 0 Å². The van der Waals surface area contributed by atoms with Crippen LogP contribution in [-0.4, -0.2) is 25.3 Å². The highest BCUT2D eigenvalue weighted by Gasteiger charge is 2.23. The molecule has 0 saturated heterocycles. The number of hydrogen-bond acceptors (Lipinski definition) is 3. The lowest BCUT2D eigenvalue weighted by molar-refractivity contribution is 0.318. The molecule has 6 nitrogen and oxygen atoms in total. The van der Waals surface area contributed by atoms with E-state index in [4.69, 9.17) is 5.73 Å². The number of aromatic hydroxyl groups is 1. The van der Waals surface area contributed by atoms with Crippen LogP contribution in [0.25, 0.3) is 22.4 Å². The summed E-state index contributed by atoms with van der Waals surface area (Å²) in [5.74, 6) is 1.01. The lowest BCUT2D eigenvalue weighted by atomic mass is 10.1. The average molecular weight is 346 g/mol. The Labute approximate surface area is 150 Å². The molecule has 4 rings (SSSR count). The Balaban J connectivity index is 2.19. The van der Waals surface area contributed by atoms with Gasteiger partial charge in [-0.2, -0.15) is 0 Å². The van der Waals surface area contributed by atoms with E-state index < -0.39 is 0 Å². The average Bonchev–Trinajstić information content (AvgIpc) is 3.22. The quantitative estimate of drug-likeness (QED) is 0.229. The van der Waals surface area contributed by atoms with Gasteiger partial charge in [0.15, 0.2) is 5.84 Å². The van der Waals surface area contributed by atoms with Crippen LogP contribution in [0.3, 0.4) is 0 Å². The minimum atomic E-state index is 0.0434. The summed E-state index contributed by atoms with van der Waals surface area (Å²) in [4.78, 5) is 0. The van der Waals surface area contributed by atoms with E-state index >= 15 is 0 Å². The fourth-order valence-electron chi connectivity index (χ4n) is 3.32. The van der Waals surface area contributed by atoms with Crippen molar-refractivity contribution in [3.05, 3.63) is 78.1 Å². The van der Waals surface area contributed by atoms with E-state index in [-0.39, 0.29) is 11.6 Å². The van der Waals surface area contributed by atoms with Crippen molar-refractivity contribution < 1.29 is 10.3 Å². The third kappa shape index (κ3) is 2.31. The molecule has 4 N–H and O–H groups in total. The molecule has 26 heavy (non-hydrogen) atoms. The van der Waals surface area contributed by atoms with Gasteiger partial charge in [-0.25, -0.2) is 0 Å². The second-order valence-electron chi connectivity index (χ2n) is 6.07. The minimum absolute atomic E-state index is 0.0434. The molecule has 0 aliphatic rings. The second kappa shape index (κ2) is 6.00. The molecule has 0 aliphatic carbocycles. The number of fused-ring (bicyclic) bond motifs is 1. The Morgan fingerprint density at radius 1 is 1.00 bits per heavy atom. The van der Waals surface area contributed by atoms with Crippen molar-refractivity contribution in [3.8, 4) is 17.3 Å². The molecule has 0 saturated carbocycles. The van der Waals surface area contributed by atoms with Gasteiger partial charge in [-0.15, -0.1) is 0 Å². The Kier molecular flexibility index (Phi) is 3.65. The van der Waals surface area contributed by atoms with Crippen LogP contribution in [0.1, 0.15) is 11.3 Å². The highest BCUT2D eigenvalue weighted by molar-refractivity contribution is 6.12. The van der Waals surface area contributed by atoms with E-state index in [0.717, 1.165) is 28.1 Å². The van der Waals surface area contributed by atoms with Crippen molar-refractivity contribution in [2.24, 2.45) is 10.9 Å². The van der Waals surface area contributed by atoms with Crippen LogP contribution in [-0.2, 0) is 0 Å². The fraction of sp³-hybridized carbons (Fsp3) is 0.0500. The van der Waals surface area contributed by atoms with Gasteiger partial charge in [0.2, 0.25) is 0 Å². The van der Waals surface area contributed by atoms with Gasteiger partial charge in [0.05, 0.1) is 11.1 Å². The zero-order valence-electron chi connectivity index (χ0n) is 14.2. The standard InChI is InChI=1S/C20H18N4O2/c1-13-5-4-12-23(13)20-18(19(21)22-26)16-6-2-3-7-17(16)24(20)14-8-10-15(25)11-9-14/h2-12,25-26H,1H3,(H2,21,22). The Hall–Kier alpha value is -3.67. The van der Waals surface area contributed by atoms with Crippen molar-refractivity contribution in [2.45, 2.75) is 6.92 Å². The molecule has 6 heteroatoms. The summed E-state index contributed by atoms with van der Waals surface area (Å²) in [5.41, 5.74) is 9.51. The maximum Gasteiger partial charge on any atom is 0.174 e. The number of phenolic OH excluding ortho intramolecular Hbond substituents is 1. The number of rotatable bonds is 3. The zero-order chi connectivity index (χ0) is 18.3. The summed E-state index contributed by atoms with van der Waals surface area (Å²) in [6.45, 7) is 1.99. The third-order valence-electron chi connectivity index (χ3n) is 4.50. The molecular formula is C20H18N4O2. The molecule has 0 amide bonds. The molecule has 2 aromatic heterocycles. The van der Waals surface area contributed by atoms with Gasteiger partial charge in [0.1, 0.15) is 11.6 Å². The van der Waals surface area contributed by atoms with Crippen LogP contribution in [0.15, 0.2) is 72.0 Å². The van der Waals surface area contributed by atoms with Gasteiger partial charge in [0.25, 0.3) is 0 Å². The smallest absolute Gasteiger partial charge is 0.174 e. The summed E-state index contributed by atoms with van der Waals surface area (Å²) in [6.07, 6.45) is 1.94. The first-order valence-corrected chi connectivity index (χ1v) is 8.17. The van der Waals surface area contributed by atoms with Crippen molar-refractivity contribution in [1.82, 2.24) is 9.13 Å². The number of phenols is 1. The number of aryl methyl sites for hydroxylation is 1. The van der Waals surface area contributed by atoms with Crippen LogP contribution >= 0.6 is 0 Å². The number of nitrogens with two attached hydrogens (primary N) is 1. The number of nitrogens with zero attached hydrogens (tertiary/aromatic N) is 3. The van der Waals surface area contributed by atoms with Crippen molar-refractivity contribution in [2.75, 3.05) is 0 Å². The molecule has 0 spiro atoms. The van der Waals surface area contributed by atoms with Crippen LogP contribution in [0.5, 0.6) is 5.75 Å². The molecule has 0 unspecified atom stereocenters. The normalized spacial score (nSPS) is 12.0. The number of benzene rings is 2. The molecule has 130 valence electrons. The monoisotopic (exact) mass is 346 g/mol. The predicted octanol–water partition coefficient (Wildman–Crippen LogP) is 3.53. The van der Waals surface area contributed by atoms with Crippen LogP contribution in [0.2, 0.25) is 0 Å². The summed E-state index contributed by atoms with van der Waals surface area (Å²) in [6, 6.07) is 18.7. The number of amidine groups is 1. The number of aromatic nitrogens is 2. The van der Waals surface area contributed by atoms with E-state index in [1.54, 1.807) is 12.1 Å². The second-order valence-corrected chi connectivity index (χ2v) is 6.07. The lowest BCUT2D eigenvalue weighted by Gasteiger charge is -2.15. The molecular weight excluding hydrogens is 328 g/mol. The first-order chi connectivity index (χ1) is 12.6. The highest BCUT2D eigenvalue weighted by Crippen LogP contribution is 2.33. The summed E-state index contributed by atoms with van der Waals surface area (Å²) in [5, 5.41) is 23.2. The lowest BCUT2D eigenvalue weighted by Crippen LogP contribution is -2.17. The summed E-state index contributed by atoms with van der Waals surface area (Å²) < 4.78 is 4.04. The molecule has 0 bridgehead atoms. The van der Waals surface area contributed by atoms with Crippen LogP contribution in [0.4, 0.5) is 0 Å². The van der Waals surface area contributed by atoms with Crippen LogP contribution < -0.4 is 5.73 Å². The Morgan fingerprint density at radius 3 is 2.38 bits per heavy atom. The SMILES string of the molecule is Cc1cccn1-c1c(/C(N)=N/O)c2ccccc2n1-c1ccc(O)cc1. The molecule has 0 fully saturated rings. The molecule has 4 aromatic rings. The molecule has 2 aromatic carbocycles.